The van der Waals surface area contributed by atoms with E-state index in [-0.39, 0.29) is 6.10 Å². The Morgan fingerprint density at radius 1 is 1.38 bits per heavy atom. The molecule has 0 aromatic carbocycles. The molecule has 2 aliphatic rings. The predicted molar refractivity (Wildman–Crippen MR) is 76.5 cm³/mol. The van der Waals surface area contributed by atoms with Gasteiger partial charge in [-0.1, -0.05) is 0 Å². The standard InChI is InChI=1S/C15H19FN4O/c16-11-7-20(6-10-1-2-10)8-14(11)21-9-15-18-12-3-4-17-5-13(12)19-15/h3-5,10-11,14H,1-2,6-9H2,(H,18,19)/t11-,14+/m1/s1. The monoisotopic (exact) mass is 290 g/mol. The molecule has 0 unspecified atom stereocenters. The van der Waals surface area contributed by atoms with Crippen molar-refractivity contribution in [2.24, 2.45) is 5.92 Å². The molecule has 1 N–H and O–H groups in total. The van der Waals surface area contributed by atoms with Crippen molar-refractivity contribution in [3.8, 4) is 0 Å². The highest BCUT2D eigenvalue weighted by Crippen LogP contribution is 2.31. The number of nitrogens with one attached hydrogen (secondary N) is 1. The number of H-pyrrole nitrogens is 1. The molecule has 2 aromatic rings. The average molecular weight is 290 g/mol. The molecular formula is C15H19FN4O. The molecule has 112 valence electrons. The molecule has 2 fully saturated rings. The van der Waals surface area contributed by atoms with Crippen molar-refractivity contribution in [2.75, 3.05) is 19.6 Å². The van der Waals surface area contributed by atoms with Gasteiger partial charge in [-0.05, 0) is 24.8 Å². The van der Waals surface area contributed by atoms with Crippen LogP contribution in [0.5, 0.6) is 0 Å². The Kier molecular flexibility index (Phi) is 3.35. The molecule has 0 amide bonds. The molecule has 1 saturated heterocycles. The first kappa shape index (κ1) is 13.2. The van der Waals surface area contributed by atoms with Gasteiger partial charge in [-0.2, -0.15) is 0 Å². The molecule has 2 atom stereocenters. The van der Waals surface area contributed by atoms with E-state index in [4.69, 9.17) is 4.74 Å². The van der Waals surface area contributed by atoms with Crippen LogP contribution in [0.4, 0.5) is 4.39 Å². The van der Waals surface area contributed by atoms with Crippen molar-refractivity contribution in [1.29, 1.82) is 0 Å². The lowest BCUT2D eigenvalue weighted by Gasteiger charge is -2.14. The van der Waals surface area contributed by atoms with Crippen LogP contribution in [0.2, 0.25) is 0 Å². The summed E-state index contributed by atoms with van der Waals surface area (Å²) >= 11 is 0. The molecule has 1 aliphatic carbocycles. The molecule has 1 saturated carbocycles. The number of hydrogen-bond acceptors (Lipinski definition) is 4. The highest BCUT2D eigenvalue weighted by molar-refractivity contribution is 5.73. The van der Waals surface area contributed by atoms with Gasteiger partial charge >= 0.3 is 0 Å². The van der Waals surface area contributed by atoms with Crippen molar-refractivity contribution in [3.05, 3.63) is 24.3 Å². The van der Waals surface area contributed by atoms with Crippen LogP contribution in [0.25, 0.3) is 11.0 Å². The summed E-state index contributed by atoms with van der Waals surface area (Å²) in [5.74, 6) is 1.52. The third kappa shape index (κ3) is 2.91. The fourth-order valence-electron chi connectivity index (χ4n) is 2.94. The molecule has 4 rings (SSSR count). The quantitative estimate of drug-likeness (QED) is 0.914. The molecule has 6 heteroatoms. The Morgan fingerprint density at radius 2 is 2.29 bits per heavy atom. The SMILES string of the molecule is F[C@@H]1CN(CC2CC2)C[C@@H]1OCc1nc2ccncc2[nH]1. The van der Waals surface area contributed by atoms with Crippen LogP contribution in [0.15, 0.2) is 18.5 Å². The number of aromatic amines is 1. The van der Waals surface area contributed by atoms with Crippen LogP contribution in [0, 0.1) is 5.92 Å². The smallest absolute Gasteiger partial charge is 0.140 e. The normalized spacial score (nSPS) is 26.7. The van der Waals surface area contributed by atoms with Crippen LogP contribution >= 0.6 is 0 Å². The van der Waals surface area contributed by atoms with E-state index < -0.39 is 6.17 Å². The summed E-state index contributed by atoms with van der Waals surface area (Å²) < 4.78 is 19.7. The fourth-order valence-corrected chi connectivity index (χ4v) is 2.94. The molecule has 0 bridgehead atoms. The highest BCUT2D eigenvalue weighted by Gasteiger charge is 2.36. The molecule has 21 heavy (non-hydrogen) atoms. The van der Waals surface area contributed by atoms with Gasteiger partial charge < -0.3 is 9.72 Å². The number of imidazole rings is 1. The van der Waals surface area contributed by atoms with Gasteiger partial charge in [0, 0.05) is 25.8 Å². The first-order valence-electron chi connectivity index (χ1n) is 7.54. The average Bonchev–Trinajstić information content (AvgIpc) is 3.08. The number of pyridine rings is 1. The molecular weight excluding hydrogens is 271 g/mol. The van der Waals surface area contributed by atoms with Gasteiger partial charge in [-0.3, -0.25) is 9.88 Å². The van der Waals surface area contributed by atoms with Gasteiger partial charge in [0.2, 0.25) is 0 Å². The maximum absolute atomic E-state index is 14.0. The lowest BCUT2D eigenvalue weighted by atomic mass is 10.3. The number of halogens is 1. The third-order valence-electron chi connectivity index (χ3n) is 4.25. The Bertz CT molecular complexity index is 594. The van der Waals surface area contributed by atoms with Gasteiger partial charge in [0.1, 0.15) is 24.7 Å². The summed E-state index contributed by atoms with van der Waals surface area (Å²) in [6.07, 6.45) is 4.80. The molecule has 0 spiro atoms. The van der Waals surface area contributed by atoms with Gasteiger partial charge in [-0.15, -0.1) is 0 Å². The van der Waals surface area contributed by atoms with E-state index in [0.717, 1.165) is 29.3 Å². The summed E-state index contributed by atoms with van der Waals surface area (Å²) in [6.45, 7) is 2.54. The number of aromatic nitrogens is 3. The highest BCUT2D eigenvalue weighted by atomic mass is 19.1. The first-order chi connectivity index (χ1) is 10.3. The topological polar surface area (TPSA) is 54.0 Å². The number of fused-ring (bicyclic) bond motifs is 1. The van der Waals surface area contributed by atoms with Crippen LogP contribution in [0.1, 0.15) is 18.7 Å². The van der Waals surface area contributed by atoms with Crippen molar-refractivity contribution < 1.29 is 9.13 Å². The van der Waals surface area contributed by atoms with E-state index in [9.17, 15) is 4.39 Å². The van der Waals surface area contributed by atoms with Crippen molar-refractivity contribution >= 4 is 11.0 Å². The van der Waals surface area contributed by atoms with Gasteiger partial charge in [-0.25, -0.2) is 9.37 Å². The molecule has 1 aliphatic heterocycles. The molecule has 0 radical (unpaired) electrons. The number of ether oxygens (including phenoxy) is 1. The molecule has 2 aromatic heterocycles. The fraction of sp³-hybridized carbons (Fsp3) is 0.600. The van der Waals surface area contributed by atoms with Crippen LogP contribution in [-0.4, -0.2) is 51.8 Å². The van der Waals surface area contributed by atoms with E-state index in [1.54, 1.807) is 12.4 Å². The maximum Gasteiger partial charge on any atom is 0.140 e. The second-order valence-corrected chi connectivity index (χ2v) is 6.10. The zero-order chi connectivity index (χ0) is 14.2. The maximum atomic E-state index is 14.0. The Balaban J connectivity index is 1.35. The Labute approximate surface area is 122 Å². The third-order valence-corrected chi connectivity index (χ3v) is 4.25. The van der Waals surface area contributed by atoms with E-state index >= 15 is 0 Å². The minimum Gasteiger partial charge on any atom is -0.366 e. The van der Waals surface area contributed by atoms with Gasteiger partial charge in [0.15, 0.2) is 0 Å². The summed E-state index contributed by atoms with van der Waals surface area (Å²) in [7, 11) is 0. The minimum atomic E-state index is -0.894. The van der Waals surface area contributed by atoms with Crippen molar-refractivity contribution in [2.45, 2.75) is 31.7 Å². The zero-order valence-corrected chi connectivity index (χ0v) is 11.8. The Hall–Kier alpha value is -1.53. The summed E-state index contributed by atoms with van der Waals surface area (Å²) in [6, 6.07) is 1.85. The predicted octanol–water partition coefficient (Wildman–Crippen LogP) is 1.91. The van der Waals surface area contributed by atoms with Crippen LogP contribution in [0.3, 0.4) is 0 Å². The Morgan fingerprint density at radius 3 is 3.10 bits per heavy atom. The molecule has 3 heterocycles. The lowest BCUT2D eigenvalue weighted by molar-refractivity contribution is 0.00872. The number of hydrogen-bond donors (Lipinski definition) is 1. The van der Waals surface area contributed by atoms with E-state index in [2.05, 4.69) is 19.9 Å². The van der Waals surface area contributed by atoms with E-state index in [1.165, 1.54) is 12.8 Å². The van der Waals surface area contributed by atoms with Crippen LogP contribution < -0.4 is 0 Å². The minimum absolute atomic E-state index is 0.317. The van der Waals surface area contributed by atoms with E-state index in [0.29, 0.717) is 19.7 Å². The van der Waals surface area contributed by atoms with Crippen molar-refractivity contribution in [3.63, 3.8) is 0 Å². The molecule has 5 nitrogen and oxygen atoms in total. The second-order valence-electron chi connectivity index (χ2n) is 6.10. The zero-order valence-electron chi connectivity index (χ0n) is 11.8. The van der Waals surface area contributed by atoms with Crippen LogP contribution in [-0.2, 0) is 11.3 Å². The number of rotatable bonds is 5. The summed E-state index contributed by atoms with van der Waals surface area (Å²) in [5.41, 5.74) is 1.75. The van der Waals surface area contributed by atoms with Gasteiger partial charge in [0.05, 0.1) is 17.2 Å². The largest absolute Gasteiger partial charge is 0.366 e. The lowest BCUT2D eigenvalue weighted by Crippen LogP contribution is -2.25. The summed E-state index contributed by atoms with van der Waals surface area (Å²) in [4.78, 5) is 13.8. The first-order valence-corrected chi connectivity index (χ1v) is 7.54. The number of alkyl halides is 1. The second kappa shape index (κ2) is 5.35. The number of nitrogens with zero attached hydrogens (tertiary/aromatic N) is 3. The number of likely N-dealkylation sites (tertiary alicyclic amines) is 1. The summed E-state index contributed by atoms with van der Waals surface area (Å²) in [5, 5.41) is 0. The van der Waals surface area contributed by atoms with E-state index in [1.807, 2.05) is 6.07 Å². The van der Waals surface area contributed by atoms with Gasteiger partial charge in [0.25, 0.3) is 0 Å². The van der Waals surface area contributed by atoms with Crippen molar-refractivity contribution in [1.82, 2.24) is 19.9 Å².